The van der Waals surface area contributed by atoms with Crippen LogP contribution in [0.2, 0.25) is 0 Å². The Morgan fingerprint density at radius 3 is 1.53 bits per heavy atom. The maximum Gasteiger partial charge on any atom is 0.373 e. The van der Waals surface area contributed by atoms with E-state index in [1.807, 2.05) is 0 Å². The highest BCUT2D eigenvalue weighted by molar-refractivity contribution is 6.02. The lowest BCUT2D eigenvalue weighted by Gasteiger charge is -2.02. The van der Waals surface area contributed by atoms with Crippen molar-refractivity contribution in [3.8, 4) is 0 Å². The maximum absolute atomic E-state index is 10.9. The molecule has 0 aliphatic carbocycles. The standard InChI is InChI=1S/C8H6O6.Al.3H/c9-7(13-11)5-3-1-2-4-6(5)8(10)14-12;;;;/h1-4,11-12H;;;;. The van der Waals surface area contributed by atoms with Gasteiger partial charge in [-0.1, -0.05) is 12.1 Å². The average Bonchev–Trinajstić information content (AvgIpc) is 2.27. The number of rotatable bonds is 2. The fourth-order valence-electron chi connectivity index (χ4n) is 0.937. The summed E-state index contributed by atoms with van der Waals surface area (Å²) in [5.74, 6) is -2.21. The van der Waals surface area contributed by atoms with Gasteiger partial charge in [0.1, 0.15) is 0 Å². The summed E-state index contributed by atoms with van der Waals surface area (Å²) in [4.78, 5) is 28.7. The fourth-order valence-corrected chi connectivity index (χ4v) is 0.937. The molecule has 0 amide bonds. The summed E-state index contributed by atoms with van der Waals surface area (Å²) in [6, 6.07) is 5.40. The molecule has 0 spiro atoms. The third kappa shape index (κ3) is 3.04. The minimum Gasteiger partial charge on any atom is -0.295 e. The number of carbonyl (C=O) groups is 2. The molecule has 2 N–H and O–H groups in total. The normalized spacial score (nSPS) is 8.67. The van der Waals surface area contributed by atoms with Crippen LogP contribution >= 0.6 is 0 Å². The molecule has 0 heterocycles. The zero-order valence-corrected chi connectivity index (χ0v) is 6.84. The quantitative estimate of drug-likeness (QED) is 0.412. The molecule has 0 bridgehead atoms. The molecule has 15 heavy (non-hydrogen) atoms. The zero-order chi connectivity index (χ0) is 10.6. The Kier molecular flexibility index (Phi) is 5.59. The van der Waals surface area contributed by atoms with Gasteiger partial charge in [0.05, 0.1) is 11.1 Å². The summed E-state index contributed by atoms with van der Waals surface area (Å²) in [5.41, 5.74) is -0.400. The van der Waals surface area contributed by atoms with E-state index in [9.17, 15) is 9.59 Å². The van der Waals surface area contributed by atoms with Crippen molar-refractivity contribution in [2.75, 3.05) is 0 Å². The summed E-state index contributed by atoms with van der Waals surface area (Å²) >= 11 is 0. The average molecular weight is 228 g/mol. The Labute approximate surface area is 95.0 Å². The van der Waals surface area contributed by atoms with E-state index in [0.29, 0.717) is 0 Å². The van der Waals surface area contributed by atoms with Crippen LogP contribution in [-0.4, -0.2) is 39.8 Å². The second-order valence-electron chi connectivity index (χ2n) is 2.30. The molecule has 0 aliphatic rings. The highest BCUT2D eigenvalue weighted by atomic mass is 27.0. The van der Waals surface area contributed by atoms with Crippen molar-refractivity contribution in [2.45, 2.75) is 0 Å². The molecule has 0 saturated carbocycles. The first-order valence-corrected chi connectivity index (χ1v) is 3.51. The Hall–Kier alpha value is -1.39. The molecule has 7 heteroatoms. The van der Waals surface area contributed by atoms with Crippen LogP contribution in [0.5, 0.6) is 0 Å². The van der Waals surface area contributed by atoms with Crippen LogP contribution in [0.1, 0.15) is 20.7 Å². The predicted octanol–water partition coefficient (Wildman–Crippen LogP) is -0.238. The Bertz CT molecular complexity index is 329. The van der Waals surface area contributed by atoms with E-state index in [4.69, 9.17) is 10.5 Å². The number of hydrogen-bond donors (Lipinski definition) is 2. The smallest absolute Gasteiger partial charge is 0.295 e. The maximum atomic E-state index is 10.9. The molecule has 6 nitrogen and oxygen atoms in total. The molecule has 0 aromatic heterocycles. The summed E-state index contributed by atoms with van der Waals surface area (Å²) in [6.07, 6.45) is 0. The van der Waals surface area contributed by atoms with Crippen LogP contribution in [0.3, 0.4) is 0 Å². The summed E-state index contributed by atoms with van der Waals surface area (Å²) in [7, 11) is 0. The summed E-state index contributed by atoms with van der Waals surface area (Å²) in [6.45, 7) is 0. The molecule has 0 aliphatic heterocycles. The van der Waals surface area contributed by atoms with Crippen molar-refractivity contribution in [3.63, 3.8) is 0 Å². The van der Waals surface area contributed by atoms with Gasteiger partial charge in [0, 0.05) is 0 Å². The van der Waals surface area contributed by atoms with Gasteiger partial charge in [-0.25, -0.2) is 9.59 Å². The fraction of sp³-hybridized carbons (Fsp3) is 0. The lowest BCUT2D eigenvalue weighted by Crippen LogP contribution is -2.11. The molecule has 0 radical (unpaired) electrons. The first kappa shape index (κ1) is 13.6. The van der Waals surface area contributed by atoms with Gasteiger partial charge in [0.2, 0.25) is 0 Å². The molecule has 1 aromatic carbocycles. The first-order chi connectivity index (χ1) is 6.70. The summed E-state index contributed by atoms with van der Waals surface area (Å²) < 4.78 is 0. The zero-order valence-electron chi connectivity index (χ0n) is 6.84. The molecule has 1 aromatic rings. The minimum atomic E-state index is -1.11. The molecular weight excluding hydrogens is 219 g/mol. The van der Waals surface area contributed by atoms with Crippen LogP contribution in [0.25, 0.3) is 0 Å². The number of hydrogen-bond acceptors (Lipinski definition) is 6. The van der Waals surface area contributed by atoms with E-state index < -0.39 is 11.9 Å². The van der Waals surface area contributed by atoms with E-state index in [-0.39, 0.29) is 28.5 Å². The molecule has 0 atom stereocenters. The van der Waals surface area contributed by atoms with Crippen molar-refractivity contribution in [1.82, 2.24) is 0 Å². The SMILES string of the molecule is O=C(OO)c1ccccc1C(=O)OO.[AlH3]. The lowest BCUT2D eigenvalue weighted by molar-refractivity contribution is -0.185. The van der Waals surface area contributed by atoms with Crippen molar-refractivity contribution < 1.29 is 29.9 Å². The van der Waals surface area contributed by atoms with Crippen molar-refractivity contribution >= 4 is 29.3 Å². The minimum absolute atomic E-state index is 0. The van der Waals surface area contributed by atoms with Gasteiger partial charge >= 0.3 is 11.9 Å². The predicted molar refractivity (Wildman–Crippen MR) is 52.5 cm³/mol. The van der Waals surface area contributed by atoms with Gasteiger partial charge in [-0.2, -0.15) is 10.5 Å². The van der Waals surface area contributed by atoms with Gasteiger partial charge < -0.3 is 0 Å². The lowest BCUT2D eigenvalue weighted by atomic mass is 10.1. The van der Waals surface area contributed by atoms with Crippen LogP contribution in [0.4, 0.5) is 0 Å². The third-order valence-corrected chi connectivity index (χ3v) is 1.53. The molecule has 0 unspecified atom stereocenters. The van der Waals surface area contributed by atoms with Gasteiger partial charge in [-0.3, -0.25) is 9.78 Å². The van der Waals surface area contributed by atoms with E-state index in [1.54, 1.807) is 0 Å². The Balaban J connectivity index is 0.00000196. The number of carbonyl (C=O) groups excluding carboxylic acids is 2. The Morgan fingerprint density at radius 2 is 1.27 bits per heavy atom. The van der Waals surface area contributed by atoms with Gasteiger partial charge in [0.25, 0.3) is 0 Å². The molecule has 1 rings (SSSR count). The van der Waals surface area contributed by atoms with Crippen molar-refractivity contribution in [3.05, 3.63) is 35.4 Å². The second-order valence-corrected chi connectivity index (χ2v) is 2.30. The summed E-state index contributed by atoms with van der Waals surface area (Å²) in [5, 5.41) is 16.2. The van der Waals surface area contributed by atoms with Crippen LogP contribution in [-0.2, 0) is 9.78 Å². The van der Waals surface area contributed by atoms with E-state index in [0.717, 1.165) is 0 Å². The molecular formula is C8H9AlO6. The highest BCUT2D eigenvalue weighted by Crippen LogP contribution is 2.10. The highest BCUT2D eigenvalue weighted by Gasteiger charge is 2.18. The van der Waals surface area contributed by atoms with Gasteiger partial charge in [-0.15, -0.1) is 0 Å². The van der Waals surface area contributed by atoms with Gasteiger partial charge in [0.15, 0.2) is 17.4 Å². The molecule has 0 saturated heterocycles. The van der Waals surface area contributed by atoms with Crippen LogP contribution in [0, 0.1) is 0 Å². The largest absolute Gasteiger partial charge is 0.373 e. The third-order valence-electron chi connectivity index (χ3n) is 1.53. The molecule has 0 fully saturated rings. The van der Waals surface area contributed by atoms with Crippen LogP contribution < -0.4 is 0 Å². The number of benzene rings is 1. The second kappa shape index (κ2) is 6.16. The Morgan fingerprint density at radius 1 is 0.933 bits per heavy atom. The van der Waals surface area contributed by atoms with E-state index >= 15 is 0 Å². The monoisotopic (exact) mass is 228 g/mol. The van der Waals surface area contributed by atoms with E-state index in [2.05, 4.69) is 9.78 Å². The topological polar surface area (TPSA) is 93.1 Å². The van der Waals surface area contributed by atoms with Crippen molar-refractivity contribution in [1.29, 1.82) is 0 Å². The van der Waals surface area contributed by atoms with Crippen LogP contribution in [0.15, 0.2) is 24.3 Å². The van der Waals surface area contributed by atoms with E-state index in [1.165, 1.54) is 24.3 Å². The molecule has 80 valence electrons. The first-order valence-electron chi connectivity index (χ1n) is 3.51. The van der Waals surface area contributed by atoms with Gasteiger partial charge in [-0.05, 0) is 12.1 Å². The van der Waals surface area contributed by atoms with Crippen molar-refractivity contribution in [2.24, 2.45) is 0 Å².